The lowest BCUT2D eigenvalue weighted by Crippen LogP contribution is -2.19. The number of halogens is 1. The van der Waals surface area contributed by atoms with Crippen molar-refractivity contribution in [2.75, 3.05) is 6.54 Å². The lowest BCUT2D eigenvalue weighted by molar-refractivity contribution is 0.572. The molecule has 0 aliphatic heterocycles. The summed E-state index contributed by atoms with van der Waals surface area (Å²) in [4.78, 5) is 0. The van der Waals surface area contributed by atoms with E-state index in [0.717, 1.165) is 23.9 Å². The summed E-state index contributed by atoms with van der Waals surface area (Å²) in [5, 5.41) is 5.14. The standard InChI is InChI=1S/C15H18FN/c1-3-10-17-11(2)12-8-9-15(16)14-7-5-4-6-13(12)14/h4-9,11,17H,3,10H2,1-2H3. The van der Waals surface area contributed by atoms with Crippen molar-refractivity contribution < 1.29 is 4.39 Å². The molecular weight excluding hydrogens is 213 g/mol. The summed E-state index contributed by atoms with van der Waals surface area (Å²) in [5.74, 6) is -0.146. The number of benzene rings is 2. The average Bonchev–Trinajstić information content (AvgIpc) is 2.37. The van der Waals surface area contributed by atoms with E-state index in [2.05, 4.69) is 19.2 Å². The maximum atomic E-state index is 13.7. The van der Waals surface area contributed by atoms with E-state index in [-0.39, 0.29) is 11.9 Å². The molecule has 2 rings (SSSR count). The van der Waals surface area contributed by atoms with Gasteiger partial charge in [-0.15, -0.1) is 0 Å². The molecule has 90 valence electrons. The third-order valence-electron chi connectivity index (χ3n) is 3.07. The Balaban J connectivity index is 2.44. The van der Waals surface area contributed by atoms with Crippen LogP contribution in [0.5, 0.6) is 0 Å². The highest BCUT2D eigenvalue weighted by Crippen LogP contribution is 2.26. The minimum absolute atomic E-state index is 0.146. The van der Waals surface area contributed by atoms with Gasteiger partial charge in [-0.25, -0.2) is 4.39 Å². The first-order valence-corrected chi connectivity index (χ1v) is 6.14. The van der Waals surface area contributed by atoms with Crippen molar-refractivity contribution in [1.82, 2.24) is 5.32 Å². The molecule has 0 amide bonds. The first kappa shape index (κ1) is 12.1. The van der Waals surface area contributed by atoms with Gasteiger partial charge in [0.15, 0.2) is 0 Å². The summed E-state index contributed by atoms with van der Waals surface area (Å²) in [6, 6.07) is 11.3. The number of nitrogens with one attached hydrogen (secondary N) is 1. The Hall–Kier alpha value is -1.41. The number of rotatable bonds is 4. The molecule has 0 saturated heterocycles. The molecule has 0 saturated carbocycles. The van der Waals surface area contributed by atoms with E-state index in [0.29, 0.717) is 5.39 Å². The van der Waals surface area contributed by atoms with Crippen molar-refractivity contribution in [1.29, 1.82) is 0 Å². The van der Waals surface area contributed by atoms with Crippen LogP contribution in [0.2, 0.25) is 0 Å². The largest absolute Gasteiger partial charge is 0.310 e. The van der Waals surface area contributed by atoms with Gasteiger partial charge in [0.1, 0.15) is 5.82 Å². The number of hydrogen-bond acceptors (Lipinski definition) is 1. The molecule has 0 fully saturated rings. The zero-order chi connectivity index (χ0) is 12.3. The van der Waals surface area contributed by atoms with Gasteiger partial charge < -0.3 is 5.32 Å². The molecule has 0 spiro atoms. The first-order valence-electron chi connectivity index (χ1n) is 6.14. The van der Waals surface area contributed by atoms with Gasteiger partial charge in [-0.2, -0.15) is 0 Å². The van der Waals surface area contributed by atoms with Gasteiger partial charge >= 0.3 is 0 Å². The highest BCUT2D eigenvalue weighted by molar-refractivity contribution is 5.86. The average molecular weight is 231 g/mol. The quantitative estimate of drug-likeness (QED) is 0.837. The van der Waals surface area contributed by atoms with E-state index < -0.39 is 0 Å². The Kier molecular flexibility index (Phi) is 3.75. The molecule has 1 unspecified atom stereocenters. The lowest BCUT2D eigenvalue weighted by atomic mass is 9.99. The van der Waals surface area contributed by atoms with Crippen molar-refractivity contribution in [3.05, 3.63) is 47.8 Å². The molecule has 0 heterocycles. The monoisotopic (exact) mass is 231 g/mol. The Labute approximate surface area is 102 Å². The van der Waals surface area contributed by atoms with Crippen LogP contribution in [0.4, 0.5) is 4.39 Å². The molecular formula is C15H18FN. The molecule has 0 radical (unpaired) electrons. The molecule has 0 aliphatic carbocycles. The van der Waals surface area contributed by atoms with E-state index >= 15 is 0 Å². The van der Waals surface area contributed by atoms with E-state index in [9.17, 15) is 4.39 Å². The molecule has 17 heavy (non-hydrogen) atoms. The SMILES string of the molecule is CCCNC(C)c1ccc(F)c2ccccc12. The van der Waals surface area contributed by atoms with Crippen LogP contribution in [0.15, 0.2) is 36.4 Å². The predicted octanol–water partition coefficient (Wildman–Crippen LogP) is 4.04. The highest BCUT2D eigenvalue weighted by Gasteiger charge is 2.10. The minimum atomic E-state index is -0.146. The third-order valence-corrected chi connectivity index (χ3v) is 3.07. The normalized spacial score (nSPS) is 12.9. The fourth-order valence-electron chi connectivity index (χ4n) is 2.13. The van der Waals surface area contributed by atoms with Gasteiger partial charge in [0.2, 0.25) is 0 Å². The van der Waals surface area contributed by atoms with Gasteiger partial charge in [-0.05, 0) is 36.9 Å². The highest BCUT2D eigenvalue weighted by atomic mass is 19.1. The van der Waals surface area contributed by atoms with Crippen molar-refractivity contribution in [2.24, 2.45) is 0 Å². The molecule has 1 N–H and O–H groups in total. The molecule has 0 aromatic heterocycles. The summed E-state index contributed by atoms with van der Waals surface area (Å²) in [7, 11) is 0. The smallest absolute Gasteiger partial charge is 0.131 e. The summed E-state index contributed by atoms with van der Waals surface area (Å²) in [5.41, 5.74) is 1.16. The van der Waals surface area contributed by atoms with Gasteiger partial charge in [0.25, 0.3) is 0 Å². The summed E-state index contributed by atoms with van der Waals surface area (Å²) in [6.45, 7) is 5.24. The zero-order valence-electron chi connectivity index (χ0n) is 10.3. The molecule has 0 bridgehead atoms. The topological polar surface area (TPSA) is 12.0 Å². The van der Waals surface area contributed by atoms with Crippen LogP contribution < -0.4 is 5.32 Å². The van der Waals surface area contributed by atoms with Gasteiger partial charge in [-0.1, -0.05) is 37.3 Å². The first-order chi connectivity index (χ1) is 8.24. The summed E-state index contributed by atoms with van der Waals surface area (Å²) >= 11 is 0. The Morgan fingerprint density at radius 2 is 1.82 bits per heavy atom. The number of fused-ring (bicyclic) bond motifs is 1. The second kappa shape index (κ2) is 5.28. The third kappa shape index (κ3) is 2.47. The second-order valence-electron chi connectivity index (χ2n) is 4.36. The van der Waals surface area contributed by atoms with Gasteiger partial charge in [0, 0.05) is 11.4 Å². The van der Waals surface area contributed by atoms with Crippen LogP contribution in [0.3, 0.4) is 0 Å². The maximum Gasteiger partial charge on any atom is 0.131 e. The second-order valence-corrected chi connectivity index (χ2v) is 4.36. The molecule has 2 aromatic carbocycles. The molecule has 1 atom stereocenters. The van der Waals surface area contributed by atoms with E-state index in [1.54, 1.807) is 6.07 Å². The fraction of sp³-hybridized carbons (Fsp3) is 0.333. The van der Waals surface area contributed by atoms with Crippen LogP contribution >= 0.6 is 0 Å². The van der Waals surface area contributed by atoms with Gasteiger partial charge in [0.05, 0.1) is 0 Å². The van der Waals surface area contributed by atoms with Crippen LogP contribution in [-0.2, 0) is 0 Å². The van der Waals surface area contributed by atoms with Gasteiger partial charge in [-0.3, -0.25) is 0 Å². The minimum Gasteiger partial charge on any atom is -0.310 e. The van der Waals surface area contributed by atoms with Crippen LogP contribution in [0, 0.1) is 5.82 Å². The Morgan fingerprint density at radius 1 is 1.12 bits per heavy atom. The fourth-order valence-corrected chi connectivity index (χ4v) is 2.13. The van der Waals surface area contributed by atoms with Crippen molar-refractivity contribution >= 4 is 10.8 Å². The maximum absolute atomic E-state index is 13.7. The molecule has 1 nitrogen and oxygen atoms in total. The summed E-state index contributed by atoms with van der Waals surface area (Å²) < 4.78 is 13.7. The van der Waals surface area contributed by atoms with E-state index in [4.69, 9.17) is 0 Å². The van der Waals surface area contributed by atoms with Crippen molar-refractivity contribution in [2.45, 2.75) is 26.3 Å². The van der Waals surface area contributed by atoms with Crippen molar-refractivity contribution in [3.8, 4) is 0 Å². The number of hydrogen-bond donors (Lipinski definition) is 1. The van der Waals surface area contributed by atoms with E-state index in [1.165, 1.54) is 0 Å². The van der Waals surface area contributed by atoms with Crippen LogP contribution in [0.25, 0.3) is 10.8 Å². The zero-order valence-corrected chi connectivity index (χ0v) is 10.3. The molecule has 0 aliphatic rings. The molecule has 2 heteroatoms. The lowest BCUT2D eigenvalue weighted by Gasteiger charge is -2.16. The van der Waals surface area contributed by atoms with Crippen LogP contribution in [0.1, 0.15) is 31.9 Å². The van der Waals surface area contributed by atoms with Crippen LogP contribution in [-0.4, -0.2) is 6.54 Å². The summed E-state index contributed by atoms with van der Waals surface area (Å²) in [6.07, 6.45) is 1.10. The Bertz CT molecular complexity index is 507. The van der Waals surface area contributed by atoms with Crippen molar-refractivity contribution in [3.63, 3.8) is 0 Å². The van der Waals surface area contributed by atoms with E-state index in [1.807, 2.05) is 30.3 Å². The molecule has 2 aromatic rings. The Morgan fingerprint density at radius 3 is 2.53 bits per heavy atom. The predicted molar refractivity (Wildman–Crippen MR) is 70.6 cm³/mol.